The molecule has 1 unspecified atom stereocenters. The number of rotatable bonds is 5. The van der Waals surface area contributed by atoms with Gasteiger partial charge in [0.25, 0.3) is 0 Å². The molecule has 1 heterocycles. The third kappa shape index (κ3) is 4.57. The van der Waals surface area contributed by atoms with E-state index in [1.165, 1.54) is 55.8 Å². The molecule has 0 amide bonds. The van der Waals surface area contributed by atoms with Crippen LogP contribution in [0, 0.1) is 0 Å². The van der Waals surface area contributed by atoms with Gasteiger partial charge in [-0.3, -0.25) is 0 Å². The van der Waals surface area contributed by atoms with Crippen LogP contribution in [0.15, 0.2) is 200 Å². The molecule has 242 valence electrons. The molecule has 7 aromatic carbocycles. The summed E-state index contributed by atoms with van der Waals surface area (Å²) in [5, 5.41) is 0. The number of ether oxygens (including phenoxy) is 1. The molecule has 0 aromatic heterocycles. The summed E-state index contributed by atoms with van der Waals surface area (Å²) < 4.78 is 6.67. The molecule has 2 aliphatic carbocycles. The van der Waals surface area contributed by atoms with Gasteiger partial charge in [-0.25, -0.2) is 0 Å². The van der Waals surface area contributed by atoms with Gasteiger partial charge in [-0.05, 0) is 76.2 Å². The maximum Gasteiger partial charge on any atom is 0.132 e. The zero-order valence-corrected chi connectivity index (χ0v) is 28.1. The predicted octanol–water partition coefficient (Wildman–Crippen LogP) is 12.6. The van der Waals surface area contributed by atoms with Crippen LogP contribution in [0.4, 0.5) is 11.4 Å². The van der Waals surface area contributed by atoms with Gasteiger partial charge in [0.1, 0.15) is 11.5 Å². The topological polar surface area (TPSA) is 12.5 Å². The van der Waals surface area contributed by atoms with Gasteiger partial charge in [0.05, 0.1) is 11.1 Å². The molecule has 0 saturated carbocycles. The molecule has 1 spiro atoms. The Balaban J connectivity index is 1.23. The first-order valence-electron chi connectivity index (χ1n) is 17.8. The molecule has 0 radical (unpaired) electrons. The summed E-state index contributed by atoms with van der Waals surface area (Å²) in [5.74, 6) is 2.13. The number of benzene rings is 7. The third-order valence-electron chi connectivity index (χ3n) is 10.9. The summed E-state index contributed by atoms with van der Waals surface area (Å²) in [6, 6.07) is 63.5. The number of para-hydroxylation sites is 2. The monoisotopic (exact) mass is 653 g/mol. The fraction of sp³-hybridized carbons (Fsp3) is 0.0612. The minimum atomic E-state index is -0.582. The maximum absolute atomic E-state index is 6.67. The van der Waals surface area contributed by atoms with Crippen LogP contribution >= 0.6 is 0 Å². The number of anilines is 2. The van der Waals surface area contributed by atoms with Gasteiger partial charge in [-0.1, -0.05) is 158 Å². The molecule has 2 heteroatoms. The van der Waals surface area contributed by atoms with E-state index < -0.39 is 5.41 Å². The SMILES string of the molecule is C1=CC(c2ccccc2)CC=C1N(c1ccc(-c2ccccc2)cc1)c1cccc2c1C1(c3ccccc3Oc3ccccc31)c1ccccc1-2. The zero-order valence-electron chi connectivity index (χ0n) is 28.1. The lowest BCUT2D eigenvalue weighted by Crippen LogP contribution is -2.34. The van der Waals surface area contributed by atoms with E-state index in [-0.39, 0.29) is 0 Å². The number of hydrogen-bond donors (Lipinski definition) is 0. The summed E-state index contributed by atoms with van der Waals surface area (Å²) in [6.07, 6.45) is 8.05. The summed E-state index contributed by atoms with van der Waals surface area (Å²) in [4.78, 5) is 2.49. The van der Waals surface area contributed by atoms with Crippen molar-refractivity contribution in [1.29, 1.82) is 0 Å². The van der Waals surface area contributed by atoms with Gasteiger partial charge >= 0.3 is 0 Å². The van der Waals surface area contributed by atoms with Crippen molar-refractivity contribution in [2.45, 2.75) is 17.8 Å². The minimum absolute atomic E-state index is 0.337. The Kier molecular flexibility index (Phi) is 6.89. The number of hydrogen-bond acceptors (Lipinski definition) is 2. The Morgan fingerprint density at radius 1 is 0.510 bits per heavy atom. The molecule has 0 fully saturated rings. The van der Waals surface area contributed by atoms with Gasteiger partial charge in [-0.2, -0.15) is 0 Å². The molecule has 51 heavy (non-hydrogen) atoms. The normalized spacial score (nSPS) is 15.9. The van der Waals surface area contributed by atoms with Crippen molar-refractivity contribution in [1.82, 2.24) is 0 Å². The molecule has 7 aromatic rings. The Morgan fingerprint density at radius 2 is 1.10 bits per heavy atom. The van der Waals surface area contributed by atoms with Crippen molar-refractivity contribution in [3.63, 3.8) is 0 Å². The summed E-state index contributed by atoms with van der Waals surface area (Å²) in [6.45, 7) is 0. The second-order valence-corrected chi connectivity index (χ2v) is 13.6. The second-order valence-electron chi connectivity index (χ2n) is 13.6. The quantitative estimate of drug-likeness (QED) is 0.183. The standard InChI is InChI=1S/C49H35NO/c1-3-14-34(15-4-1)36-26-30-38(31-27-36)50(39-32-28-37(29-33-39)35-16-5-2-6-17-35)45-23-13-19-41-40-18-7-8-20-42(40)49(48(41)45)43-21-9-11-24-46(43)51-47-25-12-10-22-44(47)49/h1-28,30-33,37H,29H2. The third-order valence-corrected chi connectivity index (χ3v) is 10.9. The highest BCUT2D eigenvalue weighted by Crippen LogP contribution is 2.64. The van der Waals surface area contributed by atoms with E-state index in [4.69, 9.17) is 4.74 Å². The Morgan fingerprint density at radius 3 is 1.78 bits per heavy atom. The highest BCUT2D eigenvalue weighted by molar-refractivity contribution is 5.94. The lowest BCUT2D eigenvalue weighted by atomic mass is 9.65. The molecule has 0 bridgehead atoms. The highest BCUT2D eigenvalue weighted by Gasteiger charge is 2.52. The largest absolute Gasteiger partial charge is 0.457 e. The first-order chi connectivity index (χ1) is 25.3. The first kappa shape index (κ1) is 29.5. The molecular formula is C49H35NO. The van der Waals surface area contributed by atoms with Gasteiger partial charge in [0.2, 0.25) is 0 Å². The van der Waals surface area contributed by atoms with E-state index in [9.17, 15) is 0 Å². The second kappa shape index (κ2) is 11.9. The van der Waals surface area contributed by atoms with Crippen molar-refractivity contribution in [2.75, 3.05) is 4.90 Å². The van der Waals surface area contributed by atoms with Crippen molar-refractivity contribution < 1.29 is 4.74 Å². The Labute approximate surface area is 299 Å². The fourth-order valence-electron chi connectivity index (χ4n) is 8.66. The molecule has 2 nitrogen and oxygen atoms in total. The Bertz CT molecular complexity index is 2430. The van der Waals surface area contributed by atoms with Crippen LogP contribution in [0.3, 0.4) is 0 Å². The van der Waals surface area contributed by atoms with Crippen molar-refractivity contribution in [3.8, 4) is 33.8 Å². The van der Waals surface area contributed by atoms with Crippen molar-refractivity contribution in [2.24, 2.45) is 0 Å². The van der Waals surface area contributed by atoms with Crippen LogP contribution in [-0.2, 0) is 5.41 Å². The van der Waals surface area contributed by atoms with E-state index in [1.54, 1.807) is 0 Å². The molecular weight excluding hydrogens is 619 g/mol. The fourth-order valence-corrected chi connectivity index (χ4v) is 8.66. The molecule has 10 rings (SSSR count). The van der Waals surface area contributed by atoms with Crippen LogP contribution in [0.5, 0.6) is 11.5 Å². The minimum Gasteiger partial charge on any atom is -0.457 e. The lowest BCUT2D eigenvalue weighted by molar-refractivity contribution is 0.436. The summed E-state index contributed by atoms with van der Waals surface area (Å²) in [5.41, 5.74) is 14.0. The van der Waals surface area contributed by atoms with Crippen LogP contribution in [0.1, 0.15) is 40.2 Å². The van der Waals surface area contributed by atoms with E-state index >= 15 is 0 Å². The highest BCUT2D eigenvalue weighted by atomic mass is 16.5. The average molecular weight is 654 g/mol. The molecule has 3 aliphatic rings. The van der Waals surface area contributed by atoms with E-state index in [2.05, 4.69) is 199 Å². The van der Waals surface area contributed by atoms with Crippen LogP contribution < -0.4 is 9.64 Å². The smallest absolute Gasteiger partial charge is 0.132 e. The molecule has 1 aliphatic heterocycles. The van der Waals surface area contributed by atoms with Gasteiger partial charge in [0, 0.05) is 34.0 Å². The average Bonchev–Trinajstić information content (AvgIpc) is 3.51. The molecule has 0 saturated heterocycles. The number of allylic oxidation sites excluding steroid dienone is 3. The van der Waals surface area contributed by atoms with Crippen LogP contribution in [0.25, 0.3) is 22.3 Å². The van der Waals surface area contributed by atoms with E-state index in [1.807, 2.05) is 0 Å². The van der Waals surface area contributed by atoms with Crippen LogP contribution in [-0.4, -0.2) is 0 Å². The van der Waals surface area contributed by atoms with E-state index in [0.717, 1.165) is 29.3 Å². The van der Waals surface area contributed by atoms with Gasteiger partial charge in [-0.15, -0.1) is 0 Å². The zero-order chi connectivity index (χ0) is 33.8. The summed E-state index contributed by atoms with van der Waals surface area (Å²) in [7, 11) is 0. The first-order valence-corrected chi connectivity index (χ1v) is 17.8. The van der Waals surface area contributed by atoms with Gasteiger partial charge in [0.15, 0.2) is 0 Å². The van der Waals surface area contributed by atoms with Gasteiger partial charge < -0.3 is 9.64 Å². The Hall–Kier alpha value is -6.38. The van der Waals surface area contributed by atoms with Crippen LogP contribution in [0.2, 0.25) is 0 Å². The lowest BCUT2D eigenvalue weighted by Gasteiger charge is -2.41. The van der Waals surface area contributed by atoms with E-state index in [0.29, 0.717) is 5.92 Å². The number of fused-ring (bicyclic) bond motifs is 9. The molecule has 0 N–H and O–H groups in total. The molecule has 1 atom stereocenters. The maximum atomic E-state index is 6.67. The predicted molar refractivity (Wildman–Crippen MR) is 209 cm³/mol. The van der Waals surface area contributed by atoms with Crippen molar-refractivity contribution >= 4 is 11.4 Å². The number of nitrogens with zero attached hydrogens (tertiary/aromatic N) is 1. The van der Waals surface area contributed by atoms with Crippen molar-refractivity contribution in [3.05, 3.63) is 228 Å². The summed E-state index contributed by atoms with van der Waals surface area (Å²) >= 11 is 0.